The Morgan fingerprint density at radius 2 is 1.85 bits per heavy atom. The van der Waals surface area contributed by atoms with Crippen molar-refractivity contribution in [3.63, 3.8) is 0 Å². The van der Waals surface area contributed by atoms with E-state index in [0.29, 0.717) is 22.3 Å². The van der Waals surface area contributed by atoms with Gasteiger partial charge in [-0.3, -0.25) is 9.59 Å². The summed E-state index contributed by atoms with van der Waals surface area (Å²) in [5.41, 5.74) is 0.721. The van der Waals surface area contributed by atoms with Gasteiger partial charge in [-0.05, 0) is 25.1 Å². The monoisotopic (exact) mass is 366 g/mol. The molecule has 0 saturated carbocycles. The zero-order valence-corrected chi connectivity index (χ0v) is 14.8. The predicted octanol–water partition coefficient (Wildman–Crippen LogP) is 2.72. The number of anilines is 1. The van der Waals surface area contributed by atoms with Crippen LogP contribution in [0.4, 0.5) is 5.69 Å². The van der Waals surface area contributed by atoms with E-state index in [1.165, 1.54) is 14.0 Å². The number of para-hydroxylation sites is 1. The lowest BCUT2D eigenvalue weighted by Gasteiger charge is -2.14. The Balaban J connectivity index is 1.75. The van der Waals surface area contributed by atoms with Crippen LogP contribution < -0.4 is 15.6 Å². The third-order valence-electron chi connectivity index (χ3n) is 3.96. The van der Waals surface area contributed by atoms with Crippen molar-refractivity contribution in [1.29, 1.82) is 0 Å². The van der Waals surface area contributed by atoms with Crippen molar-refractivity contribution in [2.24, 2.45) is 0 Å². The zero-order valence-electron chi connectivity index (χ0n) is 14.8. The van der Waals surface area contributed by atoms with Gasteiger partial charge >= 0.3 is 5.97 Å². The minimum absolute atomic E-state index is 0.107. The maximum Gasteiger partial charge on any atom is 0.339 e. The molecule has 1 unspecified atom stereocenters. The number of hydrogen-bond donors (Lipinski definition) is 2. The van der Waals surface area contributed by atoms with Crippen molar-refractivity contribution in [1.82, 2.24) is 4.98 Å². The van der Waals surface area contributed by atoms with Crippen molar-refractivity contribution >= 4 is 28.5 Å². The summed E-state index contributed by atoms with van der Waals surface area (Å²) in [6.07, 6.45) is -1.05. The molecular formula is C20H18N2O5. The van der Waals surface area contributed by atoms with E-state index in [-0.39, 0.29) is 5.56 Å². The minimum atomic E-state index is -1.05. The highest BCUT2D eigenvalue weighted by Crippen LogP contribution is 2.18. The fourth-order valence-electron chi connectivity index (χ4n) is 2.60. The van der Waals surface area contributed by atoms with E-state index >= 15 is 0 Å². The van der Waals surface area contributed by atoms with Gasteiger partial charge in [0, 0.05) is 28.7 Å². The van der Waals surface area contributed by atoms with E-state index < -0.39 is 23.5 Å². The number of rotatable bonds is 5. The van der Waals surface area contributed by atoms with Crippen LogP contribution in [0.3, 0.4) is 0 Å². The fraction of sp³-hybridized carbons (Fsp3) is 0.150. The number of ether oxygens (including phenoxy) is 2. The van der Waals surface area contributed by atoms with Crippen LogP contribution in [0.2, 0.25) is 0 Å². The van der Waals surface area contributed by atoms with Gasteiger partial charge in [0.05, 0.1) is 12.7 Å². The number of esters is 1. The molecule has 0 aliphatic heterocycles. The normalized spacial score (nSPS) is 11.6. The molecule has 138 valence electrons. The van der Waals surface area contributed by atoms with Crippen molar-refractivity contribution in [2.75, 3.05) is 12.4 Å². The smallest absolute Gasteiger partial charge is 0.339 e. The molecule has 1 aromatic heterocycles. The second kappa shape index (κ2) is 7.74. The summed E-state index contributed by atoms with van der Waals surface area (Å²) in [4.78, 5) is 39.2. The van der Waals surface area contributed by atoms with E-state index in [9.17, 15) is 14.4 Å². The van der Waals surface area contributed by atoms with Gasteiger partial charge in [-0.1, -0.05) is 24.3 Å². The summed E-state index contributed by atoms with van der Waals surface area (Å²) in [6, 6.07) is 14.9. The van der Waals surface area contributed by atoms with Gasteiger partial charge in [-0.2, -0.15) is 0 Å². The van der Waals surface area contributed by atoms with Crippen molar-refractivity contribution < 1.29 is 19.1 Å². The minimum Gasteiger partial charge on any atom is -0.497 e. The average Bonchev–Trinajstić information content (AvgIpc) is 2.67. The van der Waals surface area contributed by atoms with E-state index in [1.807, 2.05) is 0 Å². The molecule has 7 heteroatoms. The lowest BCUT2D eigenvalue weighted by molar-refractivity contribution is -0.123. The Bertz CT molecular complexity index is 1060. The molecule has 0 fully saturated rings. The standard InChI is InChI=1S/C20H18N2O5/c1-12(19(24)21-13-6-5-7-14(10-13)26-2)27-20(25)16-11-18(23)22-17-9-4-3-8-15(16)17/h3-12H,1-2H3,(H,21,24)(H,22,23). The van der Waals surface area contributed by atoms with Gasteiger partial charge in [0.15, 0.2) is 6.10 Å². The SMILES string of the molecule is COc1cccc(NC(=O)C(C)OC(=O)c2cc(=O)[nH]c3ccccc23)c1. The number of fused-ring (bicyclic) bond motifs is 1. The molecule has 0 aliphatic rings. The number of hydrogen-bond acceptors (Lipinski definition) is 5. The van der Waals surface area contributed by atoms with Crippen LogP contribution in [0.1, 0.15) is 17.3 Å². The van der Waals surface area contributed by atoms with E-state index in [0.717, 1.165) is 6.07 Å². The van der Waals surface area contributed by atoms with Crippen LogP contribution in [0.15, 0.2) is 59.4 Å². The summed E-state index contributed by atoms with van der Waals surface area (Å²) >= 11 is 0. The van der Waals surface area contributed by atoms with Gasteiger partial charge in [0.25, 0.3) is 5.91 Å². The number of benzene rings is 2. The number of carbonyl (C=O) groups excluding carboxylic acids is 2. The first kappa shape index (κ1) is 18.2. The number of aromatic amines is 1. The molecule has 3 rings (SSSR count). The maximum atomic E-state index is 12.5. The topological polar surface area (TPSA) is 97.5 Å². The Labute approximate surface area is 154 Å². The molecular weight excluding hydrogens is 348 g/mol. The van der Waals surface area contributed by atoms with Gasteiger partial charge in [0.1, 0.15) is 5.75 Å². The first-order valence-electron chi connectivity index (χ1n) is 8.26. The fourth-order valence-corrected chi connectivity index (χ4v) is 2.60. The zero-order chi connectivity index (χ0) is 19.4. The molecule has 2 N–H and O–H groups in total. The molecule has 1 atom stereocenters. The lowest BCUT2D eigenvalue weighted by atomic mass is 10.1. The molecule has 0 spiro atoms. The van der Waals surface area contributed by atoms with Crippen molar-refractivity contribution in [3.05, 3.63) is 70.5 Å². The summed E-state index contributed by atoms with van der Waals surface area (Å²) in [5, 5.41) is 3.20. The second-order valence-electron chi connectivity index (χ2n) is 5.86. The molecule has 0 radical (unpaired) electrons. The number of aromatic nitrogens is 1. The third kappa shape index (κ3) is 4.14. The molecule has 2 aromatic carbocycles. The van der Waals surface area contributed by atoms with Crippen LogP contribution in [0, 0.1) is 0 Å². The first-order chi connectivity index (χ1) is 13.0. The molecule has 27 heavy (non-hydrogen) atoms. The molecule has 1 amide bonds. The molecule has 0 aliphatic carbocycles. The summed E-state index contributed by atoms with van der Waals surface area (Å²) in [5.74, 6) is -0.649. The van der Waals surface area contributed by atoms with Crippen LogP contribution in [-0.2, 0) is 9.53 Å². The van der Waals surface area contributed by atoms with E-state index in [2.05, 4.69) is 10.3 Å². The van der Waals surface area contributed by atoms with Crippen molar-refractivity contribution in [2.45, 2.75) is 13.0 Å². The Morgan fingerprint density at radius 1 is 1.07 bits per heavy atom. The highest BCUT2D eigenvalue weighted by molar-refractivity contribution is 6.04. The lowest BCUT2D eigenvalue weighted by Crippen LogP contribution is -2.30. The summed E-state index contributed by atoms with van der Waals surface area (Å²) in [7, 11) is 1.53. The molecule has 1 heterocycles. The largest absolute Gasteiger partial charge is 0.497 e. The summed E-state index contributed by atoms with van der Waals surface area (Å²) < 4.78 is 10.4. The maximum absolute atomic E-state index is 12.5. The number of pyridine rings is 1. The Hall–Kier alpha value is -3.61. The van der Waals surface area contributed by atoms with Gasteiger partial charge in [-0.15, -0.1) is 0 Å². The van der Waals surface area contributed by atoms with Gasteiger partial charge in [0.2, 0.25) is 5.56 Å². The van der Waals surface area contributed by atoms with Crippen molar-refractivity contribution in [3.8, 4) is 5.75 Å². The van der Waals surface area contributed by atoms with Crippen LogP contribution >= 0.6 is 0 Å². The van der Waals surface area contributed by atoms with Crippen LogP contribution in [0.5, 0.6) is 5.75 Å². The Kier molecular flexibility index (Phi) is 5.21. The molecule has 7 nitrogen and oxygen atoms in total. The predicted molar refractivity (Wildman–Crippen MR) is 101 cm³/mol. The number of nitrogens with one attached hydrogen (secondary N) is 2. The second-order valence-corrected chi connectivity index (χ2v) is 5.86. The number of methoxy groups -OCH3 is 1. The van der Waals surface area contributed by atoms with Crippen LogP contribution in [-0.4, -0.2) is 30.1 Å². The molecule has 3 aromatic rings. The quantitative estimate of drug-likeness (QED) is 0.677. The highest BCUT2D eigenvalue weighted by Gasteiger charge is 2.21. The molecule has 0 saturated heterocycles. The molecule has 0 bridgehead atoms. The average molecular weight is 366 g/mol. The Morgan fingerprint density at radius 3 is 2.63 bits per heavy atom. The first-order valence-corrected chi connectivity index (χ1v) is 8.26. The highest BCUT2D eigenvalue weighted by atomic mass is 16.5. The van der Waals surface area contributed by atoms with Gasteiger partial charge in [-0.25, -0.2) is 4.79 Å². The van der Waals surface area contributed by atoms with Crippen LogP contribution in [0.25, 0.3) is 10.9 Å². The van der Waals surface area contributed by atoms with E-state index in [4.69, 9.17) is 9.47 Å². The number of H-pyrrole nitrogens is 1. The van der Waals surface area contributed by atoms with Gasteiger partial charge < -0.3 is 19.8 Å². The van der Waals surface area contributed by atoms with E-state index in [1.54, 1.807) is 48.5 Å². The number of amides is 1. The number of carbonyl (C=O) groups is 2. The summed E-state index contributed by atoms with van der Waals surface area (Å²) in [6.45, 7) is 1.46. The third-order valence-corrected chi connectivity index (χ3v) is 3.96.